The van der Waals surface area contributed by atoms with Crippen molar-refractivity contribution in [2.45, 2.75) is 25.7 Å². The first kappa shape index (κ1) is 19.2. The molecule has 6 nitrogen and oxygen atoms in total. The SMILES string of the molecule is CCOc1ccccc1NC(=O)c1cnn(-c2ccccc2)c1C1CCNCC1. The number of aromatic nitrogens is 2. The van der Waals surface area contributed by atoms with Crippen molar-refractivity contribution in [3.63, 3.8) is 0 Å². The Morgan fingerprint density at radius 2 is 1.86 bits per heavy atom. The molecule has 1 aliphatic rings. The first-order chi connectivity index (χ1) is 14.3. The molecule has 0 radical (unpaired) electrons. The number of nitrogens with zero attached hydrogens (tertiary/aromatic N) is 2. The fourth-order valence-corrected chi connectivity index (χ4v) is 3.84. The molecule has 0 spiro atoms. The third-order valence-corrected chi connectivity index (χ3v) is 5.21. The maximum Gasteiger partial charge on any atom is 0.259 e. The molecule has 6 heteroatoms. The van der Waals surface area contributed by atoms with Crippen LogP contribution >= 0.6 is 0 Å². The van der Waals surface area contributed by atoms with Crippen LogP contribution < -0.4 is 15.4 Å². The normalized spacial score (nSPS) is 14.5. The van der Waals surface area contributed by atoms with E-state index in [9.17, 15) is 4.79 Å². The Kier molecular flexibility index (Phi) is 5.91. The molecular weight excluding hydrogens is 364 g/mol. The van der Waals surface area contributed by atoms with Crippen LogP contribution in [0.4, 0.5) is 5.69 Å². The topological polar surface area (TPSA) is 68.2 Å². The van der Waals surface area contributed by atoms with Crippen LogP contribution in [0.3, 0.4) is 0 Å². The summed E-state index contributed by atoms with van der Waals surface area (Å²) in [7, 11) is 0. The van der Waals surface area contributed by atoms with Gasteiger partial charge in [0.15, 0.2) is 0 Å². The van der Waals surface area contributed by atoms with Crippen molar-refractivity contribution in [2.75, 3.05) is 25.0 Å². The second kappa shape index (κ2) is 8.92. The molecule has 1 aromatic heterocycles. The highest BCUT2D eigenvalue weighted by molar-refractivity contribution is 6.05. The van der Waals surface area contributed by atoms with Crippen molar-refractivity contribution in [1.82, 2.24) is 15.1 Å². The molecule has 1 saturated heterocycles. The van der Waals surface area contributed by atoms with E-state index in [0.29, 0.717) is 23.6 Å². The zero-order chi connectivity index (χ0) is 20.1. The second-order valence-corrected chi connectivity index (χ2v) is 7.10. The van der Waals surface area contributed by atoms with Crippen LogP contribution in [-0.2, 0) is 0 Å². The predicted octanol–water partition coefficient (Wildman–Crippen LogP) is 3.99. The van der Waals surface area contributed by atoms with E-state index < -0.39 is 0 Å². The van der Waals surface area contributed by atoms with Crippen LogP contribution in [0.2, 0.25) is 0 Å². The first-order valence-corrected chi connectivity index (χ1v) is 10.1. The minimum absolute atomic E-state index is 0.159. The number of carbonyl (C=O) groups is 1. The van der Waals surface area contributed by atoms with Gasteiger partial charge in [0.25, 0.3) is 5.91 Å². The number of ether oxygens (including phenoxy) is 1. The molecule has 4 rings (SSSR count). The van der Waals surface area contributed by atoms with E-state index in [1.54, 1.807) is 6.20 Å². The van der Waals surface area contributed by atoms with Crippen LogP contribution in [0.25, 0.3) is 5.69 Å². The second-order valence-electron chi connectivity index (χ2n) is 7.10. The van der Waals surface area contributed by atoms with Gasteiger partial charge in [-0.1, -0.05) is 30.3 Å². The molecule has 0 saturated carbocycles. The Balaban J connectivity index is 1.70. The number of para-hydroxylation sites is 3. The summed E-state index contributed by atoms with van der Waals surface area (Å²) in [5, 5.41) is 11.0. The molecule has 2 aromatic carbocycles. The number of nitrogens with one attached hydrogen (secondary N) is 2. The highest BCUT2D eigenvalue weighted by Crippen LogP contribution is 2.31. The maximum absolute atomic E-state index is 13.2. The number of carbonyl (C=O) groups excluding carboxylic acids is 1. The molecule has 2 heterocycles. The van der Waals surface area contributed by atoms with Crippen LogP contribution in [0, 0.1) is 0 Å². The predicted molar refractivity (Wildman–Crippen MR) is 114 cm³/mol. The van der Waals surface area contributed by atoms with Gasteiger partial charge in [-0.25, -0.2) is 4.68 Å². The van der Waals surface area contributed by atoms with Crippen molar-refractivity contribution < 1.29 is 9.53 Å². The van der Waals surface area contributed by atoms with E-state index in [1.807, 2.05) is 66.2 Å². The maximum atomic E-state index is 13.2. The molecule has 1 fully saturated rings. The lowest BCUT2D eigenvalue weighted by Crippen LogP contribution is -2.29. The highest BCUT2D eigenvalue weighted by Gasteiger charge is 2.27. The average Bonchev–Trinajstić information content (AvgIpc) is 3.22. The summed E-state index contributed by atoms with van der Waals surface area (Å²) >= 11 is 0. The van der Waals surface area contributed by atoms with Crippen molar-refractivity contribution >= 4 is 11.6 Å². The monoisotopic (exact) mass is 390 g/mol. The number of amides is 1. The van der Waals surface area contributed by atoms with Crippen molar-refractivity contribution in [3.8, 4) is 11.4 Å². The number of rotatable bonds is 6. The summed E-state index contributed by atoms with van der Waals surface area (Å²) in [5.74, 6) is 0.789. The molecule has 0 bridgehead atoms. The number of hydrogen-bond donors (Lipinski definition) is 2. The first-order valence-electron chi connectivity index (χ1n) is 10.1. The molecule has 2 N–H and O–H groups in total. The Morgan fingerprint density at radius 1 is 1.14 bits per heavy atom. The molecule has 1 amide bonds. The molecule has 0 aliphatic carbocycles. The van der Waals surface area contributed by atoms with Crippen molar-refractivity contribution in [3.05, 3.63) is 72.1 Å². The van der Waals surface area contributed by atoms with Gasteiger partial charge in [-0.3, -0.25) is 4.79 Å². The summed E-state index contributed by atoms with van der Waals surface area (Å²) < 4.78 is 7.57. The summed E-state index contributed by atoms with van der Waals surface area (Å²) in [6, 6.07) is 17.5. The van der Waals surface area contributed by atoms with Gasteiger partial charge in [0.2, 0.25) is 0 Å². The van der Waals surface area contributed by atoms with Crippen LogP contribution in [-0.4, -0.2) is 35.4 Å². The Morgan fingerprint density at radius 3 is 2.62 bits per heavy atom. The van der Waals surface area contributed by atoms with E-state index >= 15 is 0 Å². The highest BCUT2D eigenvalue weighted by atomic mass is 16.5. The number of piperidine rings is 1. The van der Waals surface area contributed by atoms with E-state index in [0.717, 1.165) is 37.3 Å². The smallest absolute Gasteiger partial charge is 0.259 e. The van der Waals surface area contributed by atoms with Crippen molar-refractivity contribution in [2.24, 2.45) is 0 Å². The van der Waals surface area contributed by atoms with E-state index in [4.69, 9.17) is 4.74 Å². The minimum Gasteiger partial charge on any atom is -0.492 e. The number of anilines is 1. The molecule has 150 valence electrons. The lowest BCUT2D eigenvalue weighted by Gasteiger charge is -2.24. The van der Waals surface area contributed by atoms with Crippen LogP contribution in [0.1, 0.15) is 41.7 Å². The number of benzene rings is 2. The molecule has 0 unspecified atom stereocenters. The third kappa shape index (κ3) is 4.17. The van der Waals surface area contributed by atoms with Gasteiger partial charge in [0, 0.05) is 5.92 Å². The van der Waals surface area contributed by atoms with E-state index in [-0.39, 0.29) is 11.8 Å². The number of hydrogen-bond acceptors (Lipinski definition) is 4. The van der Waals surface area contributed by atoms with Crippen LogP contribution in [0.15, 0.2) is 60.8 Å². The molecule has 1 aliphatic heterocycles. The van der Waals surface area contributed by atoms with Gasteiger partial charge in [0.1, 0.15) is 5.75 Å². The standard InChI is InChI=1S/C23H26N4O2/c1-2-29-21-11-7-6-10-20(21)26-23(28)19-16-25-27(18-8-4-3-5-9-18)22(19)17-12-14-24-15-13-17/h3-11,16-17,24H,2,12-15H2,1H3,(H,26,28). The lowest BCUT2D eigenvalue weighted by atomic mass is 9.91. The fourth-order valence-electron chi connectivity index (χ4n) is 3.84. The Labute approximate surface area is 170 Å². The molecular formula is C23H26N4O2. The summed E-state index contributed by atoms with van der Waals surface area (Å²) in [6.45, 7) is 4.36. The molecule has 29 heavy (non-hydrogen) atoms. The Bertz CT molecular complexity index is 962. The lowest BCUT2D eigenvalue weighted by molar-refractivity contribution is 0.102. The zero-order valence-corrected chi connectivity index (χ0v) is 16.6. The minimum atomic E-state index is -0.159. The third-order valence-electron chi connectivity index (χ3n) is 5.21. The van der Waals surface area contributed by atoms with Gasteiger partial charge in [-0.2, -0.15) is 5.10 Å². The largest absolute Gasteiger partial charge is 0.492 e. The van der Waals surface area contributed by atoms with Crippen molar-refractivity contribution in [1.29, 1.82) is 0 Å². The van der Waals surface area contributed by atoms with Gasteiger partial charge in [-0.05, 0) is 57.1 Å². The summed E-state index contributed by atoms with van der Waals surface area (Å²) in [6.07, 6.45) is 3.64. The summed E-state index contributed by atoms with van der Waals surface area (Å²) in [4.78, 5) is 13.2. The molecule has 0 atom stereocenters. The average molecular weight is 390 g/mol. The van der Waals surface area contributed by atoms with Gasteiger partial charge < -0.3 is 15.4 Å². The van der Waals surface area contributed by atoms with E-state index in [1.165, 1.54) is 0 Å². The quantitative estimate of drug-likeness (QED) is 0.668. The van der Waals surface area contributed by atoms with Gasteiger partial charge in [0.05, 0.1) is 35.4 Å². The van der Waals surface area contributed by atoms with E-state index in [2.05, 4.69) is 15.7 Å². The molecule has 3 aromatic rings. The summed E-state index contributed by atoms with van der Waals surface area (Å²) in [5.41, 5.74) is 3.23. The van der Waals surface area contributed by atoms with Gasteiger partial charge in [-0.15, -0.1) is 0 Å². The zero-order valence-electron chi connectivity index (χ0n) is 16.6. The fraction of sp³-hybridized carbons (Fsp3) is 0.304. The van der Waals surface area contributed by atoms with Gasteiger partial charge >= 0.3 is 0 Å². The Hall–Kier alpha value is -3.12. The van der Waals surface area contributed by atoms with Crippen LogP contribution in [0.5, 0.6) is 5.75 Å².